The van der Waals surface area contributed by atoms with Crippen molar-refractivity contribution < 1.29 is 9.13 Å². The van der Waals surface area contributed by atoms with Crippen LogP contribution in [0.3, 0.4) is 0 Å². The molecule has 1 saturated heterocycles. The molecule has 2 fully saturated rings. The van der Waals surface area contributed by atoms with Crippen LogP contribution in [0.4, 0.5) is 4.39 Å². The summed E-state index contributed by atoms with van der Waals surface area (Å²) in [5.74, 6) is -0.231. The van der Waals surface area contributed by atoms with Gasteiger partial charge in [-0.15, -0.1) is 0 Å². The first-order valence-corrected chi connectivity index (χ1v) is 7.61. The number of hydrogen-bond donors (Lipinski definition) is 1. The summed E-state index contributed by atoms with van der Waals surface area (Å²) in [7, 11) is 0. The molecule has 5 heteroatoms. The second-order valence-corrected chi connectivity index (χ2v) is 6.00. The number of fused-ring (bicyclic) bond motifs is 1. The van der Waals surface area contributed by atoms with Gasteiger partial charge in [0, 0.05) is 29.7 Å². The molecule has 110 valence electrons. The quantitative estimate of drug-likeness (QED) is 0.932. The third-order valence-corrected chi connectivity index (χ3v) is 4.70. The van der Waals surface area contributed by atoms with E-state index in [1.807, 2.05) is 0 Å². The van der Waals surface area contributed by atoms with E-state index in [0.29, 0.717) is 29.8 Å². The van der Waals surface area contributed by atoms with E-state index >= 15 is 0 Å². The van der Waals surface area contributed by atoms with Crippen LogP contribution >= 0.6 is 11.6 Å². The van der Waals surface area contributed by atoms with Crippen LogP contribution in [-0.2, 0) is 4.74 Å². The van der Waals surface area contributed by atoms with Crippen LogP contribution in [0.15, 0.2) is 18.2 Å². The molecular formula is C15H20ClFN2O. The van der Waals surface area contributed by atoms with Gasteiger partial charge in [0.05, 0.1) is 18.8 Å². The molecule has 1 saturated carbocycles. The predicted octanol–water partition coefficient (Wildman–Crippen LogP) is 2.73. The van der Waals surface area contributed by atoms with Gasteiger partial charge >= 0.3 is 0 Å². The van der Waals surface area contributed by atoms with Gasteiger partial charge in [-0.25, -0.2) is 4.39 Å². The molecule has 3 atom stereocenters. The molecule has 0 radical (unpaired) electrons. The van der Waals surface area contributed by atoms with Gasteiger partial charge in [-0.05, 0) is 37.5 Å². The molecule has 3 rings (SSSR count). The normalized spacial score (nSPS) is 28.4. The molecule has 0 amide bonds. The highest BCUT2D eigenvalue weighted by Crippen LogP contribution is 2.36. The van der Waals surface area contributed by atoms with Crippen molar-refractivity contribution in [3.8, 4) is 0 Å². The Bertz CT molecular complexity index is 485. The highest BCUT2D eigenvalue weighted by atomic mass is 35.5. The number of benzene rings is 1. The Balaban J connectivity index is 1.90. The zero-order valence-electron chi connectivity index (χ0n) is 11.4. The lowest BCUT2D eigenvalue weighted by atomic mass is 10.00. The summed E-state index contributed by atoms with van der Waals surface area (Å²) in [4.78, 5) is 2.32. The molecule has 1 aliphatic carbocycles. The summed E-state index contributed by atoms with van der Waals surface area (Å²) in [5.41, 5.74) is 6.55. The average Bonchev–Trinajstić information content (AvgIpc) is 2.92. The molecule has 0 aromatic heterocycles. The molecule has 3 unspecified atom stereocenters. The highest BCUT2D eigenvalue weighted by molar-refractivity contribution is 6.30. The minimum absolute atomic E-state index is 0.122. The molecule has 1 aromatic carbocycles. The van der Waals surface area contributed by atoms with E-state index in [1.54, 1.807) is 12.1 Å². The van der Waals surface area contributed by atoms with E-state index in [1.165, 1.54) is 12.5 Å². The Labute approximate surface area is 123 Å². The number of halogens is 2. The van der Waals surface area contributed by atoms with Gasteiger partial charge in [0.15, 0.2) is 0 Å². The summed E-state index contributed by atoms with van der Waals surface area (Å²) in [6, 6.07) is 4.94. The number of nitrogens with two attached hydrogens (primary N) is 1. The molecule has 3 nitrogen and oxygen atoms in total. The van der Waals surface area contributed by atoms with Crippen LogP contribution in [0.25, 0.3) is 0 Å². The molecule has 0 spiro atoms. The fraction of sp³-hybridized carbons (Fsp3) is 0.600. The van der Waals surface area contributed by atoms with Crippen LogP contribution in [-0.4, -0.2) is 36.7 Å². The first-order valence-electron chi connectivity index (χ1n) is 7.23. The van der Waals surface area contributed by atoms with Crippen molar-refractivity contribution in [2.75, 3.05) is 19.7 Å². The summed E-state index contributed by atoms with van der Waals surface area (Å²) >= 11 is 6.02. The molecule has 1 aliphatic heterocycles. The second kappa shape index (κ2) is 5.98. The van der Waals surface area contributed by atoms with Gasteiger partial charge in [-0.3, -0.25) is 4.90 Å². The summed E-state index contributed by atoms with van der Waals surface area (Å²) in [6.45, 7) is 1.88. The van der Waals surface area contributed by atoms with E-state index in [0.717, 1.165) is 19.4 Å². The standard InChI is InChI=1S/C15H20ClFN2O/c16-10-4-5-12(17)11(8-10)14(9-18)19-6-7-20-15-3-1-2-13(15)19/h4-5,8,13-15H,1-3,6-7,9,18H2. The van der Waals surface area contributed by atoms with Crippen molar-refractivity contribution in [2.24, 2.45) is 5.73 Å². The van der Waals surface area contributed by atoms with Crippen LogP contribution in [0.2, 0.25) is 5.02 Å². The van der Waals surface area contributed by atoms with E-state index in [-0.39, 0.29) is 18.0 Å². The zero-order valence-corrected chi connectivity index (χ0v) is 12.2. The minimum atomic E-state index is -0.231. The van der Waals surface area contributed by atoms with Gasteiger partial charge in [0.25, 0.3) is 0 Å². The Morgan fingerprint density at radius 1 is 1.45 bits per heavy atom. The number of nitrogens with zero attached hydrogens (tertiary/aromatic N) is 1. The largest absolute Gasteiger partial charge is 0.375 e. The maximum Gasteiger partial charge on any atom is 0.128 e. The van der Waals surface area contributed by atoms with Crippen molar-refractivity contribution in [3.63, 3.8) is 0 Å². The molecule has 20 heavy (non-hydrogen) atoms. The second-order valence-electron chi connectivity index (χ2n) is 5.56. The van der Waals surface area contributed by atoms with Gasteiger partial charge in [-0.1, -0.05) is 11.6 Å². The van der Waals surface area contributed by atoms with E-state index in [4.69, 9.17) is 22.1 Å². The van der Waals surface area contributed by atoms with Crippen molar-refractivity contribution in [1.82, 2.24) is 4.90 Å². The average molecular weight is 299 g/mol. The van der Waals surface area contributed by atoms with Crippen molar-refractivity contribution in [1.29, 1.82) is 0 Å². The minimum Gasteiger partial charge on any atom is -0.375 e. The van der Waals surface area contributed by atoms with Crippen molar-refractivity contribution in [3.05, 3.63) is 34.6 Å². The highest BCUT2D eigenvalue weighted by Gasteiger charge is 2.39. The summed E-state index contributed by atoms with van der Waals surface area (Å²) < 4.78 is 19.9. The topological polar surface area (TPSA) is 38.5 Å². The van der Waals surface area contributed by atoms with Crippen LogP contribution in [0.1, 0.15) is 30.9 Å². The van der Waals surface area contributed by atoms with Crippen molar-refractivity contribution in [2.45, 2.75) is 37.5 Å². The lowest BCUT2D eigenvalue weighted by molar-refractivity contribution is -0.0715. The molecule has 1 heterocycles. The van der Waals surface area contributed by atoms with Gasteiger partial charge in [0.2, 0.25) is 0 Å². The fourth-order valence-corrected chi connectivity index (χ4v) is 3.73. The lowest BCUT2D eigenvalue weighted by Crippen LogP contribution is -2.51. The van der Waals surface area contributed by atoms with Crippen molar-refractivity contribution >= 4 is 11.6 Å². The maximum absolute atomic E-state index is 14.1. The Kier molecular flexibility index (Phi) is 4.26. The molecular weight excluding hydrogens is 279 g/mol. The van der Waals surface area contributed by atoms with E-state index in [9.17, 15) is 4.39 Å². The van der Waals surface area contributed by atoms with E-state index < -0.39 is 0 Å². The van der Waals surface area contributed by atoms with Gasteiger partial charge in [-0.2, -0.15) is 0 Å². The van der Waals surface area contributed by atoms with Crippen LogP contribution in [0.5, 0.6) is 0 Å². The smallest absolute Gasteiger partial charge is 0.128 e. The predicted molar refractivity (Wildman–Crippen MR) is 77.3 cm³/mol. The number of morpholine rings is 1. The molecule has 0 bridgehead atoms. The fourth-order valence-electron chi connectivity index (χ4n) is 3.55. The van der Waals surface area contributed by atoms with Crippen LogP contribution in [0, 0.1) is 5.82 Å². The first-order chi connectivity index (χ1) is 9.70. The lowest BCUT2D eigenvalue weighted by Gasteiger charge is -2.42. The number of ether oxygens (including phenoxy) is 1. The molecule has 1 aromatic rings. The summed E-state index contributed by atoms with van der Waals surface area (Å²) in [6.07, 6.45) is 3.64. The molecule has 2 aliphatic rings. The summed E-state index contributed by atoms with van der Waals surface area (Å²) in [5, 5.41) is 0.552. The maximum atomic E-state index is 14.1. The van der Waals surface area contributed by atoms with E-state index in [2.05, 4.69) is 4.90 Å². The third kappa shape index (κ3) is 2.58. The SMILES string of the molecule is NCC(c1cc(Cl)ccc1F)N1CCOC2CCCC21. The Hall–Kier alpha value is -0.680. The van der Waals surface area contributed by atoms with Gasteiger partial charge < -0.3 is 10.5 Å². The molecule has 2 N–H and O–H groups in total. The van der Waals surface area contributed by atoms with Gasteiger partial charge in [0.1, 0.15) is 5.82 Å². The zero-order chi connectivity index (χ0) is 14.1. The Morgan fingerprint density at radius 3 is 3.10 bits per heavy atom. The Morgan fingerprint density at radius 2 is 2.30 bits per heavy atom. The number of hydrogen-bond acceptors (Lipinski definition) is 3. The first kappa shape index (κ1) is 14.3. The third-order valence-electron chi connectivity index (χ3n) is 4.47. The van der Waals surface area contributed by atoms with Crippen LogP contribution < -0.4 is 5.73 Å². The number of rotatable bonds is 3. The monoisotopic (exact) mass is 298 g/mol.